The average molecular weight is 535 g/mol. The molecule has 0 aliphatic carbocycles. The molecule has 1 aliphatic heterocycles. The van der Waals surface area contributed by atoms with Gasteiger partial charge in [-0.2, -0.15) is 0 Å². The third-order valence-electron chi connectivity index (χ3n) is 6.50. The highest BCUT2D eigenvalue weighted by Crippen LogP contribution is 2.41. The lowest BCUT2D eigenvalue weighted by Crippen LogP contribution is -2.27. The topological polar surface area (TPSA) is 127 Å². The Morgan fingerprint density at radius 3 is 2.43 bits per heavy atom. The molecule has 1 aromatic carbocycles. The van der Waals surface area contributed by atoms with Gasteiger partial charge in [-0.05, 0) is 71.4 Å². The molecule has 1 saturated heterocycles. The standard InChI is InChI=1S/C28H35ClO8/c1-16(8-6-9-17(2)21-14-22(31)28(4,5)37-21)12-13-19-26(35)20(15-30)18(3)25(29)27(19)36-24(34)11-7-10-23(32)33/h9,12,15,21,35H,6-8,10-11,13-14H2,1-5H3,(H,32,33)/b16-12-,17-9-. The second kappa shape index (κ2) is 13.0. The van der Waals surface area contributed by atoms with Gasteiger partial charge in [-0.3, -0.25) is 19.2 Å². The largest absolute Gasteiger partial charge is 0.507 e. The van der Waals surface area contributed by atoms with Crippen molar-refractivity contribution in [2.24, 2.45) is 0 Å². The fourth-order valence-electron chi connectivity index (χ4n) is 4.03. The number of benzene rings is 1. The van der Waals surface area contributed by atoms with Crippen LogP contribution in [0.15, 0.2) is 23.3 Å². The summed E-state index contributed by atoms with van der Waals surface area (Å²) in [7, 11) is 0. The Morgan fingerprint density at radius 2 is 1.86 bits per heavy atom. The minimum absolute atomic E-state index is 0.0179. The molecule has 2 rings (SSSR count). The van der Waals surface area contributed by atoms with E-state index in [2.05, 4.69) is 0 Å². The SMILES string of the molecule is C/C(=C/Cc1c(O)c(C=O)c(C)c(Cl)c1OC(=O)CCCC(=O)O)CC/C=C(/C)C1CC(=O)C(C)(C)O1. The number of Topliss-reactive ketones (excluding diaryl/α,β-unsaturated/α-hetero) is 1. The molecule has 0 amide bonds. The first-order valence-corrected chi connectivity index (χ1v) is 12.6. The Kier molecular flexibility index (Phi) is 10.6. The Balaban J connectivity index is 2.15. The summed E-state index contributed by atoms with van der Waals surface area (Å²) in [6.45, 7) is 8.96. The van der Waals surface area contributed by atoms with Crippen molar-refractivity contribution in [3.8, 4) is 11.5 Å². The number of ether oxygens (including phenoxy) is 2. The van der Waals surface area contributed by atoms with Gasteiger partial charge < -0.3 is 19.7 Å². The zero-order valence-electron chi connectivity index (χ0n) is 22.0. The molecule has 0 saturated carbocycles. The molecule has 0 bridgehead atoms. The molecule has 1 atom stereocenters. The van der Waals surface area contributed by atoms with E-state index < -0.39 is 17.5 Å². The number of carbonyl (C=O) groups is 4. The number of phenols is 1. The number of hydrogen-bond acceptors (Lipinski definition) is 7. The fraction of sp³-hybridized carbons (Fsp3) is 0.500. The van der Waals surface area contributed by atoms with E-state index in [-0.39, 0.29) is 70.8 Å². The minimum atomic E-state index is -1.02. The highest BCUT2D eigenvalue weighted by Gasteiger charge is 2.40. The number of aromatic hydroxyl groups is 1. The summed E-state index contributed by atoms with van der Waals surface area (Å²) in [6, 6.07) is 0. The molecule has 9 heteroatoms. The first-order chi connectivity index (χ1) is 17.3. The van der Waals surface area contributed by atoms with Crippen molar-refractivity contribution in [1.82, 2.24) is 0 Å². The van der Waals surface area contributed by atoms with E-state index in [0.29, 0.717) is 25.5 Å². The molecule has 1 unspecified atom stereocenters. The van der Waals surface area contributed by atoms with Crippen LogP contribution >= 0.6 is 11.6 Å². The van der Waals surface area contributed by atoms with Crippen LogP contribution in [0.25, 0.3) is 0 Å². The van der Waals surface area contributed by atoms with Crippen LogP contribution in [-0.4, -0.2) is 45.9 Å². The van der Waals surface area contributed by atoms with Gasteiger partial charge in [-0.25, -0.2) is 0 Å². The molecule has 8 nitrogen and oxygen atoms in total. The van der Waals surface area contributed by atoms with Crippen molar-refractivity contribution in [1.29, 1.82) is 0 Å². The Hall–Kier alpha value is -2.97. The zero-order valence-corrected chi connectivity index (χ0v) is 22.7. The molecule has 0 spiro atoms. The number of allylic oxidation sites excluding steroid dienone is 3. The maximum atomic E-state index is 12.3. The van der Waals surface area contributed by atoms with Crippen LogP contribution in [0.4, 0.5) is 0 Å². The smallest absolute Gasteiger partial charge is 0.311 e. The molecule has 0 radical (unpaired) electrons. The Bertz CT molecular complexity index is 1130. The molecule has 1 aromatic rings. The van der Waals surface area contributed by atoms with Crippen LogP contribution in [0.3, 0.4) is 0 Å². The van der Waals surface area contributed by atoms with Crippen LogP contribution in [0.2, 0.25) is 5.02 Å². The summed E-state index contributed by atoms with van der Waals surface area (Å²) in [4.78, 5) is 46.6. The number of carboxylic acid groups (broad SMARTS) is 1. The van der Waals surface area contributed by atoms with Gasteiger partial charge in [-0.15, -0.1) is 0 Å². The molecule has 37 heavy (non-hydrogen) atoms. The zero-order chi connectivity index (χ0) is 27.9. The van der Waals surface area contributed by atoms with Gasteiger partial charge >= 0.3 is 11.9 Å². The van der Waals surface area contributed by atoms with E-state index in [1.165, 1.54) is 6.92 Å². The number of aldehydes is 1. The number of carbonyl (C=O) groups excluding carboxylic acids is 3. The first-order valence-electron chi connectivity index (χ1n) is 12.2. The van der Waals surface area contributed by atoms with Gasteiger partial charge in [-0.1, -0.05) is 29.3 Å². The maximum Gasteiger partial charge on any atom is 0.311 e. The summed E-state index contributed by atoms with van der Waals surface area (Å²) in [5.41, 5.74) is 1.74. The molecule has 0 aromatic heterocycles. The van der Waals surface area contributed by atoms with Crippen molar-refractivity contribution in [3.05, 3.63) is 45.0 Å². The van der Waals surface area contributed by atoms with E-state index in [1.807, 2.05) is 26.0 Å². The number of rotatable bonds is 12. The van der Waals surface area contributed by atoms with Gasteiger partial charge in [0.25, 0.3) is 0 Å². The third kappa shape index (κ3) is 8.01. The van der Waals surface area contributed by atoms with Gasteiger partial charge in [0.1, 0.15) is 11.4 Å². The van der Waals surface area contributed by atoms with Crippen LogP contribution < -0.4 is 4.74 Å². The number of aliphatic carboxylic acids is 1. The van der Waals surface area contributed by atoms with E-state index in [0.717, 1.165) is 11.1 Å². The molecular weight excluding hydrogens is 500 g/mol. The summed E-state index contributed by atoms with van der Waals surface area (Å²) < 4.78 is 11.3. The van der Waals surface area contributed by atoms with E-state index >= 15 is 0 Å². The van der Waals surface area contributed by atoms with E-state index in [9.17, 15) is 24.3 Å². The molecule has 1 heterocycles. The number of phenolic OH excluding ortho intramolecular Hbond substituents is 1. The average Bonchev–Trinajstić information content (AvgIpc) is 3.09. The fourth-order valence-corrected chi connectivity index (χ4v) is 4.28. The maximum absolute atomic E-state index is 12.3. The lowest BCUT2D eigenvalue weighted by molar-refractivity contribution is -0.137. The highest BCUT2D eigenvalue weighted by molar-refractivity contribution is 6.33. The van der Waals surface area contributed by atoms with Crippen LogP contribution in [0.1, 0.15) is 87.7 Å². The van der Waals surface area contributed by atoms with Crippen LogP contribution in [0.5, 0.6) is 11.5 Å². The van der Waals surface area contributed by atoms with Gasteiger partial charge in [0.05, 0.1) is 16.7 Å². The number of ketones is 1. The second-order valence-electron chi connectivity index (χ2n) is 9.83. The number of esters is 1. The molecule has 1 fully saturated rings. The third-order valence-corrected chi connectivity index (χ3v) is 6.95. The molecule has 202 valence electrons. The van der Waals surface area contributed by atoms with Crippen molar-refractivity contribution in [2.75, 3.05) is 0 Å². The van der Waals surface area contributed by atoms with E-state index in [4.69, 9.17) is 26.2 Å². The van der Waals surface area contributed by atoms with Gasteiger partial charge in [0.2, 0.25) is 0 Å². The van der Waals surface area contributed by atoms with E-state index in [1.54, 1.807) is 13.8 Å². The number of hydrogen-bond donors (Lipinski definition) is 2. The van der Waals surface area contributed by atoms with Crippen molar-refractivity contribution in [3.63, 3.8) is 0 Å². The van der Waals surface area contributed by atoms with Crippen LogP contribution in [-0.2, 0) is 25.5 Å². The summed E-state index contributed by atoms with van der Waals surface area (Å²) >= 11 is 6.40. The minimum Gasteiger partial charge on any atom is -0.507 e. The normalized spacial score (nSPS) is 17.7. The molecule has 1 aliphatic rings. The van der Waals surface area contributed by atoms with Crippen LogP contribution in [0, 0.1) is 6.92 Å². The predicted molar refractivity (Wildman–Crippen MR) is 139 cm³/mol. The Labute approximate surface area is 222 Å². The van der Waals surface area contributed by atoms with Gasteiger partial charge in [0, 0.05) is 24.8 Å². The number of halogens is 1. The predicted octanol–water partition coefficient (Wildman–Crippen LogP) is 5.68. The summed E-state index contributed by atoms with van der Waals surface area (Å²) in [6.07, 6.45) is 5.93. The number of carboxylic acids is 1. The lowest BCUT2D eigenvalue weighted by Gasteiger charge is -2.18. The quantitative estimate of drug-likeness (QED) is 0.152. The highest BCUT2D eigenvalue weighted by atomic mass is 35.5. The first kappa shape index (κ1) is 30.3. The van der Waals surface area contributed by atoms with Crippen molar-refractivity contribution < 1.29 is 38.9 Å². The second-order valence-corrected chi connectivity index (χ2v) is 10.2. The summed E-state index contributed by atoms with van der Waals surface area (Å²) in [5, 5.41) is 19.6. The molecular formula is C28H35ClO8. The van der Waals surface area contributed by atoms with Crippen molar-refractivity contribution in [2.45, 2.75) is 91.3 Å². The molecule has 2 N–H and O–H groups in total. The van der Waals surface area contributed by atoms with Crippen molar-refractivity contribution >= 4 is 35.6 Å². The lowest BCUT2D eigenvalue weighted by atomic mass is 9.98. The Morgan fingerprint density at radius 1 is 1.19 bits per heavy atom. The van der Waals surface area contributed by atoms with Gasteiger partial charge in [0.15, 0.2) is 17.8 Å². The summed E-state index contributed by atoms with van der Waals surface area (Å²) in [5.74, 6) is -1.96. The monoisotopic (exact) mass is 534 g/mol.